The van der Waals surface area contributed by atoms with Crippen molar-refractivity contribution in [3.63, 3.8) is 0 Å². The molecule has 0 spiro atoms. The highest BCUT2D eigenvalue weighted by molar-refractivity contribution is 7.80. The molecule has 1 rings (SSSR count). The Morgan fingerprint density at radius 3 is 2.85 bits per heavy atom. The fourth-order valence-corrected chi connectivity index (χ4v) is 2.01. The zero-order chi connectivity index (χ0) is 9.84. The van der Waals surface area contributed by atoms with Crippen molar-refractivity contribution in [3.8, 4) is 6.07 Å². The minimum Gasteiger partial charge on any atom is -0.389 e. The molecule has 0 radical (unpaired) electrons. The lowest BCUT2D eigenvalue weighted by Gasteiger charge is -2.21. The van der Waals surface area contributed by atoms with E-state index in [1.165, 1.54) is 6.42 Å². The van der Waals surface area contributed by atoms with Gasteiger partial charge >= 0.3 is 0 Å². The Labute approximate surface area is 84.4 Å². The summed E-state index contributed by atoms with van der Waals surface area (Å²) in [5, 5.41) is 8.86. The highest BCUT2D eigenvalue weighted by Crippen LogP contribution is 2.29. The first-order chi connectivity index (χ1) is 6.15. The third kappa shape index (κ3) is 2.53. The Kier molecular flexibility index (Phi) is 3.44. The number of nitriles is 1. The number of allylic oxidation sites excluding steroid dienone is 1. The summed E-state index contributed by atoms with van der Waals surface area (Å²) in [6.07, 6.45) is 4.38. The first kappa shape index (κ1) is 10.2. The van der Waals surface area contributed by atoms with Gasteiger partial charge < -0.3 is 5.73 Å². The quantitative estimate of drug-likeness (QED) is 0.396. The predicted molar refractivity (Wildman–Crippen MR) is 57.1 cm³/mol. The summed E-state index contributed by atoms with van der Waals surface area (Å²) in [4.78, 5) is 0.256. The molecule has 2 N–H and O–H groups in total. The summed E-state index contributed by atoms with van der Waals surface area (Å²) in [6.45, 7) is 2.20. The Hall–Kier alpha value is -0.880. The molecule has 2 nitrogen and oxygen atoms in total. The van der Waals surface area contributed by atoms with Crippen LogP contribution in [0.15, 0.2) is 11.1 Å². The maximum atomic E-state index is 8.86. The van der Waals surface area contributed by atoms with Gasteiger partial charge in [0, 0.05) is 0 Å². The SMILES string of the molecule is CC1CCCC(=C(C#N)C(N)=S)C1. The summed E-state index contributed by atoms with van der Waals surface area (Å²) in [7, 11) is 0. The summed E-state index contributed by atoms with van der Waals surface area (Å²) in [5.41, 5.74) is 7.19. The van der Waals surface area contributed by atoms with Gasteiger partial charge in [-0.2, -0.15) is 5.26 Å². The second kappa shape index (κ2) is 4.38. The number of rotatable bonds is 1. The number of thiocarbonyl (C=S) groups is 1. The third-order valence-corrected chi connectivity index (χ3v) is 2.69. The van der Waals surface area contributed by atoms with Crippen LogP contribution in [-0.4, -0.2) is 4.99 Å². The van der Waals surface area contributed by atoms with E-state index in [9.17, 15) is 0 Å². The molecule has 3 heteroatoms. The van der Waals surface area contributed by atoms with Gasteiger partial charge in [0.05, 0.1) is 5.57 Å². The van der Waals surface area contributed by atoms with E-state index in [0.717, 1.165) is 24.8 Å². The lowest BCUT2D eigenvalue weighted by molar-refractivity contribution is 0.452. The second-order valence-electron chi connectivity index (χ2n) is 3.66. The van der Waals surface area contributed by atoms with Crippen molar-refractivity contribution in [2.75, 3.05) is 0 Å². The first-order valence-electron chi connectivity index (χ1n) is 4.57. The number of hydrogen-bond donors (Lipinski definition) is 1. The van der Waals surface area contributed by atoms with Crippen LogP contribution in [-0.2, 0) is 0 Å². The molecular weight excluding hydrogens is 180 g/mol. The van der Waals surface area contributed by atoms with Gasteiger partial charge in [-0.25, -0.2) is 0 Å². The van der Waals surface area contributed by atoms with E-state index in [0.29, 0.717) is 11.5 Å². The molecule has 0 aliphatic heterocycles. The summed E-state index contributed by atoms with van der Waals surface area (Å²) in [6, 6.07) is 2.11. The van der Waals surface area contributed by atoms with E-state index in [-0.39, 0.29) is 4.99 Å². The average Bonchev–Trinajstić information content (AvgIpc) is 2.04. The van der Waals surface area contributed by atoms with E-state index in [4.69, 9.17) is 23.2 Å². The standard InChI is InChI=1S/C10H14N2S/c1-7-3-2-4-8(5-7)9(6-11)10(12)13/h7H,2-5H2,1H3,(H2,12,13). The molecule has 0 heterocycles. The zero-order valence-corrected chi connectivity index (χ0v) is 8.66. The number of hydrogen-bond acceptors (Lipinski definition) is 2. The normalized spacial score (nSPS) is 26.3. The van der Waals surface area contributed by atoms with Gasteiger partial charge in [0.25, 0.3) is 0 Å². The smallest absolute Gasteiger partial charge is 0.114 e. The monoisotopic (exact) mass is 194 g/mol. The van der Waals surface area contributed by atoms with Crippen LogP contribution in [0, 0.1) is 17.2 Å². The van der Waals surface area contributed by atoms with Crippen molar-refractivity contribution in [3.05, 3.63) is 11.1 Å². The molecule has 0 bridgehead atoms. The summed E-state index contributed by atoms with van der Waals surface area (Å²) >= 11 is 4.83. The molecule has 0 aromatic carbocycles. The average molecular weight is 194 g/mol. The number of nitrogens with zero attached hydrogens (tertiary/aromatic N) is 1. The molecule has 0 saturated heterocycles. The highest BCUT2D eigenvalue weighted by atomic mass is 32.1. The zero-order valence-electron chi connectivity index (χ0n) is 7.84. The van der Waals surface area contributed by atoms with Gasteiger partial charge in [0.2, 0.25) is 0 Å². The molecule has 1 saturated carbocycles. The van der Waals surface area contributed by atoms with Gasteiger partial charge in [0.15, 0.2) is 0 Å². The van der Waals surface area contributed by atoms with Crippen LogP contribution in [0.4, 0.5) is 0 Å². The fourth-order valence-electron chi connectivity index (χ4n) is 1.82. The fraction of sp³-hybridized carbons (Fsp3) is 0.600. The molecule has 1 fully saturated rings. The molecule has 1 atom stereocenters. The van der Waals surface area contributed by atoms with Crippen LogP contribution in [0.1, 0.15) is 32.6 Å². The van der Waals surface area contributed by atoms with E-state index >= 15 is 0 Å². The van der Waals surface area contributed by atoms with E-state index in [2.05, 4.69) is 13.0 Å². The lowest BCUT2D eigenvalue weighted by Crippen LogP contribution is -2.15. The van der Waals surface area contributed by atoms with Gasteiger partial charge in [-0.1, -0.05) is 25.6 Å². The Bertz CT molecular complexity index is 286. The Morgan fingerprint density at radius 2 is 2.38 bits per heavy atom. The van der Waals surface area contributed by atoms with Crippen LogP contribution in [0.5, 0.6) is 0 Å². The largest absolute Gasteiger partial charge is 0.389 e. The van der Waals surface area contributed by atoms with Crippen molar-refractivity contribution < 1.29 is 0 Å². The maximum Gasteiger partial charge on any atom is 0.114 e. The van der Waals surface area contributed by atoms with Gasteiger partial charge in [-0.15, -0.1) is 0 Å². The van der Waals surface area contributed by atoms with Crippen LogP contribution in [0.2, 0.25) is 0 Å². The van der Waals surface area contributed by atoms with Crippen molar-refractivity contribution >= 4 is 17.2 Å². The molecule has 1 aliphatic rings. The molecule has 1 aliphatic carbocycles. The highest BCUT2D eigenvalue weighted by Gasteiger charge is 2.17. The van der Waals surface area contributed by atoms with Crippen LogP contribution >= 0.6 is 12.2 Å². The third-order valence-electron chi connectivity index (χ3n) is 2.48. The van der Waals surface area contributed by atoms with Crippen LogP contribution in [0.3, 0.4) is 0 Å². The van der Waals surface area contributed by atoms with Crippen molar-refractivity contribution in [1.29, 1.82) is 5.26 Å². The molecule has 70 valence electrons. The molecule has 0 amide bonds. The molecular formula is C10H14N2S. The van der Waals surface area contributed by atoms with Crippen LogP contribution < -0.4 is 5.73 Å². The first-order valence-corrected chi connectivity index (χ1v) is 4.98. The Morgan fingerprint density at radius 1 is 1.69 bits per heavy atom. The second-order valence-corrected chi connectivity index (χ2v) is 4.10. The van der Waals surface area contributed by atoms with E-state index in [1.54, 1.807) is 0 Å². The van der Waals surface area contributed by atoms with Gasteiger partial charge in [-0.05, 0) is 30.8 Å². The molecule has 0 aromatic rings. The number of nitrogens with two attached hydrogens (primary N) is 1. The van der Waals surface area contributed by atoms with Gasteiger partial charge in [-0.3, -0.25) is 0 Å². The lowest BCUT2D eigenvalue weighted by atomic mass is 9.84. The van der Waals surface area contributed by atoms with Crippen molar-refractivity contribution in [1.82, 2.24) is 0 Å². The molecule has 1 unspecified atom stereocenters. The van der Waals surface area contributed by atoms with E-state index < -0.39 is 0 Å². The Balaban J connectivity index is 2.88. The van der Waals surface area contributed by atoms with Crippen molar-refractivity contribution in [2.45, 2.75) is 32.6 Å². The molecule has 0 aromatic heterocycles. The topological polar surface area (TPSA) is 49.8 Å². The van der Waals surface area contributed by atoms with Crippen molar-refractivity contribution in [2.24, 2.45) is 11.7 Å². The summed E-state index contributed by atoms with van der Waals surface area (Å²) in [5.74, 6) is 0.668. The minimum atomic E-state index is 0.256. The maximum absolute atomic E-state index is 8.86. The van der Waals surface area contributed by atoms with Crippen LogP contribution in [0.25, 0.3) is 0 Å². The predicted octanol–water partition coefficient (Wildman–Crippen LogP) is 2.30. The molecule has 13 heavy (non-hydrogen) atoms. The summed E-state index contributed by atoms with van der Waals surface area (Å²) < 4.78 is 0. The van der Waals surface area contributed by atoms with Gasteiger partial charge in [0.1, 0.15) is 11.1 Å². The minimum absolute atomic E-state index is 0.256. The van der Waals surface area contributed by atoms with E-state index in [1.807, 2.05) is 0 Å².